The van der Waals surface area contributed by atoms with E-state index in [-0.39, 0.29) is 0 Å². The fourth-order valence-electron chi connectivity index (χ4n) is 2.05. The second kappa shape index (κ2) is 5.46. The second-order valence-electron chi connectivity index (χ2n) is 4.85. The molecule has 0 bridgehead atoms. The van der Waals surface area contributed by atoms with Crippen molar-refractivity contribution in [1.82, 2.24) is 0 Å². The van der Waals surface area contributed by atoms with E-state index in [1.54, 1.807) is 0 Å². The van der Waals surface area contributed by atoms with Crippen molar-refractivity contribution in [2.75, 3.05) is 13.2 Å². The van der Waals surface area contributed by atoms with Crippen molar-refractivity contribution in [3.8, 4) is 0 Å². The van der Waals surface area contributed by atoms with Gasteiger partial charge in [-0.2, -0.15) is 0 Å². The molecule has 0 aliphatic heterocycles. The Morgan fingerprint density at radius 3 is 2.56 bits per heavy atom. The first-order valence-corrected chi connectivity index (χ1v) is 6.16. The summed E-state index contributed by atoms with van der Waals surface area (Å²) in [6, 6.07) is 10.3. The fourth-order valence-corrected chi connectivity index (χ4v) is 2.05. The van der Waals surface area contributed by atoms with E-state index < -0.39 is 0 Å². The van der Waals surface area contributed by atoms with Gasteiger partial charge in [0.15, 0.2) is 0 Å². The van der Waals surface area contributed by atoms with Crippen LogP contribution in [0.3, 0.4) is 0 Å². The fraction of sp³-hybridized carbons (Fsp3) is 0.571. The minimum atomic E-state index is 0.496. The Bertz CT molecular complexity index is 306. The van der Waals surface area contributed by atoms with Crippen LogP contribution in [0.2, 0.25) is 0 Å². The molecule has 88 valence electrons. The van der Waals surface area contributed by atoms with Gasteiger partial charge in [0, 0.05) is 6.61 Å². The first-order chi connectivity index (χ1) is 7.85. The molecule has 0 amide bonds. The van der Waals surface area contributed by atoms with Crippen molar-refractivity contribution in [1.29, 1.82) is 0 Å². The number of hydrogen-bond donors (Lipinski definition) is 1. The highest BCUT2D eigenvalue weighted by Gasteiger charge is 2.40. The molecule has 0 aromatic heterocycles. The van der Waals surface area contributed by atoms with E-state index >= 15 is 0 Å². The lowest BCUT2D eigenvalue weighted by atomic mass is 10.0. The summed E-state index contributed by atoms with van der Waals surface area (Å²) in [5.74, 6) is 0. The quantitative estimate of drug-likeness (QED) is 0.716. The standard InChI is InChI=1S/C14H21NO/c15-12-14(8-9-14)7-4-10-16-11-13-5-2-1-3-6-13/h1-3,5-6H,4,7-12,15H2. The third-order valence-electron chi connectivity index (χ3n) is 3.50. The molecule has 0 spiro atoms. The van der Waals surface area contributed by atoms with Gasteiger partial charge in [0.2, 0.25) is 0 Å². The predicted molar refractivity (Wildman–Crippen MR) is 66.1 cm³/mol. The van der Waals surface area contributed by atoms with Crippen LogP contribution in [0.1, 0.15) is 31.2 Å². The minimum Gasteiger partial charge on any atom is -0.377 e. The summed E-state index contributed by atoms with van der Waals surface area (Å²) < 4.78 is 5.65. The highest BCUT2D eigenvalue weighted by Crippen LogP contribution is 2.48. The Hall–Kier alpha value is -0.860. The monoisotopic (exact) mass is 219 g/mol. The Kier molecular flexibility index (Phi) is 3.97. The van der Waals surface area contributed by atoms with Gasteiger partial charge in [-0.1, -0.05) is 30.3 Å². The van der Waals surface area contributed by atoms with Crippen LogP contribution in [0, 0.1) is 5.41 Å². The second-order valence-corrected chi connectivity index (χ2v) is 4.85. The molecule has 0 heterocycles. The van der Waals surface area contributed by atoms with Crippen molar-refractivity contribution in [3.63, 3.8) is 0 Å². The van der Waals surface area contributed by atoms with Gasteiger partial charge < -0.3 is 10.5 Å². The van der Waals surface area contributed by atoms with Gasteiger partial charge in [-0.25, -0.2) is 0 Å². The number of ether oxygens (including phenoxy) is 1. The summed E-state index contributed by atoms with van der Waals surface area (Å²) in [5, 5.41) is 0. The Balaban J connectivity index is 1.56. The predicted octanol–water partition coefficient (Wildman–Crippen LogP) is 2.72. The van der Waals surface area contributed by atoms with Gasteiger partial charge >= 0.3 is 0 Å². The molecule has 2 rings (SSSR count). The molecule has 1 saturated carbocycles. The van der Waals surface area contributed by atoms with Gasteiger partial charge in [0.25, 0.3) is 0 Å². The van der Waals surface area contributed by atoms with Crippen LogP contribution in [0.4, 0.5) is 0 Å². The summed E-state index contributed by atoms with van der Waals surface area (Å²) in [7, 11) is 0. The molecule has 16 heavy (non-hydrogen) atoms. The molecule has 1 aromatic carbocycles. The van der Waals surface area contributed by atoms with Crippen LogP contribution in [-0.2, 0) is 11.3 Å². The topological polar surface area (TPSA) is 35.2 Å². The van der Waals surface area contributed by atoms with E-state index in [1.165, 1.54) is 24.8 Å². The lowest BCUT2D eigenvalue weighted by Gasteiger charge is -2.11. The minimum absolute atomic E-state index is 0.496. The maximum Gasteiger partial charge on any atom is 0.0716 e. The molecular formula is C14H21NO. The SMILES string of the molecule is NCC1(CCCOCc2ccccc2)CC1. The van der Waals surface area contributed by atoms with E-state index in [4.69, 9.17) is 10.5 Å². The van der Waals surface area contributed by atoms with Gasteiger partial charge in [0.1, 0.15) is 0 Å². The van der Waals surface area contributed by atoms with Gasteiger partial charge in [-0.05, 0) is 43.2 Å². The first kappa shape index (κ1) is 11.6. The molecule has 1 fully saturated rings. The van der Waals surface area contributed by atoms with E-state index in [9.17, 15) is 0 Å². The van der Waals surface area contributed by atoms with Crippen LogP contribution in [0.25, 0.3) is 0 Å². The zero-order chi connectivity index (χ0) is 11.3. The van der Waals surface area contributed by atoms with Crippen LogP contribution in [0.15, 0.2) is 30.3 Å². The number of rotatable bonds is 7. The van der Waals surface area contributed by atoms with Crippen molar-refractivity contribution in [2.45, 2.75) is 32.3 Å². The maximum absolute atomic E-state index is 5.73. The summed E-state index contributed by atoms with van der Waals surface area (Å²) in [4.78, 5) is 0. The van der Waals surface area contributed by atoms with Crippen LogP contribution in [0.5, 0.6) is 0 Å². The first-order valence-electron chi connectivity index (χ1n) is 6.16. The van der Waals surface area contributed by atoms with Crippen LogP contribution in [-0.4, -0.2) is 13.2 Å². The third kappa shape index (κ3) is 3.32. The zero-order valence-corrected chi connectivity index (χ0v) is 9.82. The Morgan fingerprint density at radius 2 is 1.94 bits per heavy atom. The number of benzene rings is 1. The zero-order valence-electron chi connectivity index (χ0n) is 9.82. The van der Waals surface area contributed by atoms with E-state index in [0.29, 0.717) is 5.41 Å². The molecule has 1 aliphatic rings. The maximum atomic E-state index is 5.73. The Morgan fingerprint density at radius 1 is 1.19 bits per heavy atom. The average molecular weight is 219 g/mol. The molecule has 2 nitrogen and oxygen atoms in total. The summed E-state index contributed by atoms with van der Waals surface area (Å²) in [5.41, 5.74) is 7.48. The van der Waals surface area contributed by atoms with Gasteiger partial charge in [-0.15, -0.1) is 0 Å². The summed E-state index contributed by atoms with van der Waals surface area (Å²) in [6.07, 6.45) is 5.02. The molecule has 1 aliphatic carbocycles. The molecule has 0 saturated heterocycles. The largest absolute Gasteiger partial charge is 0.377 e. The van der Waals surface area contributed by atoms with Crippen LogP contribution < -0.4 is 5.73 Å². The van der Waals surface area contributed by atoms with Gasteiger partial charge in [0.05, 0.1) is 6.61 Å². The molecule has 0 unspecified atom stereocenters. The summed E-state index contributed by atoms with van der Waals surface area (Å²) >= 11 is 0. The smallest absolute Gasteiger partial charge is 0.0716 e. The van der Waals surface area contributed by atoms with Crippen molar-refractivity contribution < 1.29 is 4.74 Å². The lowest BCUT2D eigenvalue weighted by Crippen LogP contribution is -2.15. The molecule has 0 atom stereocenters. The average Bonchev–Trinajstić information content (AvgIpc) is 3.11. The van der Waals surface area contributed by atoms with E-state index in [1.807, 2.05) is 18.2 Å². The van der Waals surface area contributed by atoms with Crippen molar-refractivity contribution in [2.24, 2.45) is 11.1 Å². The number of hydrogen-bond acceptors (Lipinski definition) is 2. The van der Waals surface area contributed by atoms with E-state index in [2.05, 4.69) is 12.1 Å². The third-order valence-corrected chi connectivity index (χ3v) is 3.50. The molecule has 0 radical (unpaired) electrons. The summed E-state index contributed by atoms with van der Waals surface area (Å²) in [6.45, 7) is 2.44. The van der Waals surface area contributed by atoms with Crippen molar-refractivity contribution in [3.05, 3.63) is 35.9 Å². The highest BCUT2D eigenvalue weighted by molar-refractivity contribution is 5.13. The van der Waals surface area contributed by atoms with Gasteiger partial charge in [-0.3, -0.25) is 0 Å². The normalized spacial score (nSPS) is 17.3. The molecule has 2 N–H and O–H groups in total. The molecule has 2 heteroatoms. The van der Waals surface area contributed by atoms with E-state index in [0.717, 1.165) is 26.2 Å². The Labute approximate surface area is 97.8 Å². The molecule has 1 aromatic rings. The molecular weight excluding hydrogens is 198 g/mol. The van der Waals surface area contributed by atoms with Crippen molar-refractivity contribution >= 4 is 0 Å². The van der Waals surface area contributed by atoms with Crippen LogP contribution >= 0.6 is 0 Å². The number of nitrogens with two attached hydrogens (primary N) is 1. The lowest BCUT2D eigenvalue weighted by molar-refractivity contribution is 0.113. The highest BCUT2D eigenvalue weighted by atomic mass is 16.5.